The minimum absolute atomic E-state index is 0.0599. The zero-order valence-corrected chi connectivity index (χ0v) is 9.92. The molecule has 0 atom stereocenters. The minimum atomic E-state index is -0.0599. The highest BCUT2D eigenvalue weighted by atomic mass is 32.1. The fraction of sp³-hybridized carbons (Fsp3) is 0.300. The van der Waals surface area contributed by atoms with E-state index in [9.17, 15) is 0 Å². The summed E-state index contributed by atoms with van der Waals surface area (Å²) in [6.45, 7) is 0.548. The molecule has 1 aromatic heterocycles. The van der Waals surface area contributed by atoms with Gasteiger partial charge in [0.05, 0.1) is 0 Å². The first-order valence-corrected chi connectivity index (χ1v) is 5.29. The van der Waals surface area contributed by atoms with Crippen molar-refractivity contribution in [1.82, 2.24) is 15.2 Å². The molecular formula is C10H15N5S. The summed E-state index contributed by atoms with van der Waals surface area (Å²) < 4.78 is 0. The molecule has 1 aromatic rings. The SMILES string of the molecule is CNC(=S)N(CCc1ccccn1)C(=N)N. The molecule has 0 aliphatic rings. The van der Waals surface area contributed by atoms with Crippen LogP contribution in [0.1, 0.15) is 5.69 Å². The van der Waals surface area contributed by atoms with E-state index in [0.717, 1.165) is 5.69 Å². The smallest absolute Gasteiger partial charge is 0.194 e. The quantitative estimate of drug-likeness (QED) is 0.401. The number of pyridine rings is 1. The van der Waals surface area contributed by atoms with E-state index in [1.165, 1.54) is 4.90 Å². The van der Waals surface area contributed by atoms with Gasteiger partial charge in [0.15, 0.2) is 11.1 Å². The molecule has 0 bridgehead atoms. The van der Waals surface area contributed by atoms with Gasteiger partial charge in [0.25, 0.3) is 0 Å². The van der Waals surface area contributed by atoms with Crippen LogP contribution in [0.25, 0.3) is 0 Å². The molecule has 4 N–H and O–H groups in total. The third-order valence-electron chi connectivity index (χ3n) is 2.07. The van der Waals surface area contributed by atoms with Gasteiger partial charge in [0, 0.05) is 31.9 Å². The summed E-state index contributed by atoms with van der Waals surface area (Å²) in [5.74, 6) is -0.0599. The van der Waals surface area contributed by atoms with Crippen molar-refractivity contribution in [1.29, 1.82) is 5.41 Å². The maximum atomic E-state index is 7.41. The van der Waals surface area contributed by atoms with Crippen molar-refractivity contribution in [2.24, 2.45) is 5.73 Å². The molecule has 0 spiro atoms. The molecule has 16 heavy (non-hydrogen) atoms. The summed E-state index contributed by atoms with van der Waals surface area (Å²) >= 11 is 5.04. The van der Waals surface area contributed by atoms with Gasteiger partial charge in [0.2, 0.25) is 0 Å². The molecule has 0 aliphatic heterocycles. The maximum absolute atomic E-state index is 7.41. The summed E-state index contributed by atoms with van der Waals surface area (Å²) in [6.07, 6.45) is 2.44. The number of hydrogen-bond donors (Lipinski definition) is 3. The van der Waals surface area contributed by atoms with Crippen LogP contribution in [0.2, 0.25) is 0 Å². The lowest BCUT2D eigenvalue weighted by atomic mass is 10.2. The predicted octanol–water partition coefficient (Wildman–Crippen LogP) is 0.324. The first-order chi connectivity index (χ1) is 7.65. The summed E-state index contributed by atoms with van der Waals surface area (Å²) in [5, 5.41) is 10.7. The molecule has 0 aliphatic carbocycles. The molecule has 0 radical (unpaired) electrons. The lowest BCUT2D eigenvalue weighted by Gasteiger charge is -2.22. The number of thiocarbonyl (C=S) groups is 1. The van der Waals surface area contributed by atoms with E-state index in [1.807, 2.05) is 18.2 Å². The Bertz CT molecular complexity index is 365. The molecule has 6 heteroatoms. The van der Waals surface area contributed by atoms with E-state index < -0.39 is 0 Å². The first-order valence-electron chi connectivity index (χ1n) is 4.88. The molecule has 0 fully saturated rings. The fourth-order valence-corrected chi connectivity index (χ4v) is 1.43. The van der Waals surface area contributed by atoms with Crippen molar-refractivity contribution >= 4 is 23.3 Å². The highest BCUT2D eigenvalue weighted by Gasteiger charge is 2.10. The van der Waals surface area contributed by atoms with Gasteiger partial charge in [-0.2, -0.15) is 0 Å². The van der Waals surface area contributed by atoms with Crippen molar-refractivity contribution in [3.8, 4) is 0 Å². The number of hydrogen-bond acceptors (Lipinski definition) is 3. The van der Waals surface area contributed by atoms with Crippen LogP contribution in [-0.2, 0) is 6.42 Å². The molecule has 0 saturated carbocycles. The minimum Gasteiger partial charge on any atom is -0.370 e. The number of guanidine groups is 1. The van der Waals surface area contributed by atoms with Crippen LogP contribution in [-0.4, -0.2) is 34.5 Å². The topological polar surface area (TPSA) is 78.0 Å². The van der Waals surface area contributed by atoms with Gasteiger partial charge in [-0.25, -0.2) is 0 Å². The van der Waals surface area contributed by atoms with E-state index in [-0.39, 0.29) is 5.96 Å². The Morgan fingerprint density at radius 3 is 2.88 bits per heavy atom. The zero-order valence-electron chi connectivity index (χ0n) is 9.10. The van der Waals surface area contributed by atoms with Gasteiger partial charge in [-0.05, 0) is 24.4 Å². The standard InChI is InChI=1S/C10H15N5S/c1-13-10(16)15(9(11)12)7-5-8-4-2-3-6-14-8/h2-4,6H,5,7H2,1H3,(H3,11,12)(H,13,16). The van der Waals surface area contributed by atoms with E-state index in [2.05, 4.69) is 10.3 Å². The van der Waals surface area contributed by atoms with Crippen molar-refractivity contribution in [2.45, 2.75) is 6.42 Å². The number of rotatable bonds is 3. The number of nitrogens with zero attached hydrogens (tertiary/aromatic N) is 2. The van der Waals surface area contributed by atoms with Crippen LogP contribution >= 0.6 is 12.2 Å². The Morgan fingerprint density at radius 2 is 2.38 bits per heavy atom. The Labute approximate surface area is 100 Å². The second-order valence-electron chi connectivity index (χ2n) is 3.16. The fourth-order valence-electron chi connectivity index (χ4n) is 1.24. The van der Waals surface area contributed by atoms with Gasteiger partial charge >= 0.3 is 0 Å². The Kier molecular flexibility index (Phi) is 4.65. The second kappa shape index (κ2) is 6.02. The highest BCUT2D eigenvalue weighted by Crippen LogP contribution is 1.98. The van der Waals surface area contributed by atoms with Crippen LogP contribution < -0.4 is 11.1 Å². The molecule has 0 aromatic carbocycles. The van der Waals surface area contributed by atoms with Crippen LogP contribution in [0.3, 0.4) is 0 Å². The monoisotopic (exact) mass is 237 g/mol. The van der Waals surface area contributed by atoms with Crippen LogP contribution in [0, 0.1) is 5.41 Å². The molecule has 86 valence electrons. The highest BCUT2D eigenvalue weighted by molar-refractivity contribution is 7.80. The third kappa shape index (κ3) is 3.47. The molecule has 0 amide bonds. The third-order valence-corrected chi connectivity index (χ3v) is 2.49. The largest absolute Gasteiger partial charge is 0.370 e. The first kappa shape index (κ1) is 12.4. The van der Waals surface area contributed by atoms with E-state index >= 15 is 0 Å². The van der Waals surface area contributed by atoms with Gasteiger partial charge in [-0.15, -0.1) is 0 Å². The maximum Gasteiger partial charge on any atom is 0.194 e. The predicted molar refractivity (Wildman–Crippen MR) is 68.2 cm³/mol. The van der Waals surface area contributed by atoms with Gasteiger partial charge in [-0.3, -0.25) is 15.3 Å². The molecule has 5 nitrogen and oxygen atoms in total. The molecular weight excluding hydrogens is 222 g/mol. The van der Waals surface area contributed by atoms with Crippen LogP contribution in [0.5, 0.6) is 0 Å². The van der Waals surface area contributed by atoms with Gasteiger partial charge in [-0.1, -0.05) is 6.07 Å². The number of nitrogens with two attached hydrogens (primary N) is 1. The lowest BCUT2D eigenvalue weighted by Crippen LogP contribution is -2.46. The summed E-state index contributed by atoms with van der Waals surface area (Å²) in [4.78, 5) is 5.73. The Balaban J connectivity index is 2.57. The summed E-state index contributed by atoms with van der Waals surface area (Å²) in [5.41, 5.74) is 6.39. The zero-order chi connectivity index (χ0) is 12.0. The van der Waals surface area contributed by atoms with Crippen molar-refractivity contribution in [3.63, 3.8) is 0 Å². The average molecular weight is 237 g/mol. The number of aromatic nitrogens is 1. The van der Waals surface area contributed by atoms with Crippen LogP contribution in [0.15, 0.2) is 24.4 Å². The number of nitrogens with one attached hydrogen (secondary N) is 2. The van der Waals surface area contributed by atoms with E-state index in [4.69, 9.17) is 23.4 Å². The lowest BCUT2D eigenvalue weighted by molar-refractivity contribution is 0.582. The van der Waals surface area contributed by atoms with E-state index in [1.54, 1.807) is 13.2 Å². The molecule has 0 unspecified atom stereocenters. The Hall–Kier alpha value is -1.69. The van der Waals surface area contributed by atoms with E-state index in [0.29, 0.717) is 18.1 Å². The summed E-state index contributed by atoms with van der Waals surface area (Å²) in [6, 6.07) is 5.72. The van der Waals surface area contributed by atoms with Crippen molar-refractivity contribution < 1.29 is 0 Å². The Morgan fingerprint density at radius 1 is 1.62 bits per heavy atom. The van der Waals surface area contributed by atoms with Crippen molar-refractivity contribution in [2.75, 3.05) is 13.6 Å². The average Bonchev–Trinajstić information content (AvgIpc) is 2.30. The molecule has 1 heterocycles. The molecule has 1 rings (SSSR count). The van der Waals surface area contributed by atoms with Gasteiger partial charge in [0.1, 0.15) is 0 Å². The van der Waals surface area contributed by atoms with Crippen molar-refractivity contribution in [3.05, 3.63) is 30.1 Å². The molecule has 0 saturated heterocycles. The van der Waals surface area contributed by atoms with Gasteiger partial charge < -0.3 is 11.1 Å². The normalized spacial score (nSPS) is 9.56. The second-order valence-corrected chi connectivity index (χ2v) is 3.55. The van der Waals surface area contributed by atoms with Crippen LogP contribution in [0.4, 0.5) is 0 Å². The summed E-state index contributed by atoms with van der Waals surface area (Å²) in [7, 11) is 1.71.